The summed E-state index contributed by atoms with van der Waals surface area (Å²) < 4.78 is 31.7. The molecule has 27 heavy (non-hydrogen) atoms. The maximum Gasteiger partial charge on any atom is 0.304 e. The van der Waals surface area contributed by atoms with E-state index in [2.05, 4.69) is 9.71 Å². The highest BCUT2D eigenvalue weighted by Gasteiger charge is 2.33. The van der Waals surface area contributed by atoms with Gasteiger partial charge in [0.25, 0.3) is 0 Å². The van der Waals surface area contributed by atoms with Crippen LogP contribution >= 0.6 is 24.1 Å². The first-order valence-electron chi connectivity index (χ1n) is 8.35. The summed E-state index contributed by atoms with van der Waals surface area (Å²) in [6.45, 7) is 0.698. The summed E-state index contributed by atoms with van der Waals surface area (Å²) in [7, 11) is -3.47. The number of aryl methyl sites for hydroxylation is 1. The molecule has 4 rings (SSSR count). The summed E-state index contributed by atoms with van der Waals surface area (Å²) in [6, 6.07) is 1.52. The molecule has 0 aliphatic carbocycles. The second kappa shape index (κ2) is 6.95. The number of hydrogen-bond donors (Lipinski definition) is 2. The fourth-order valence-corrected chi connectivity index (χ4v) is 6.39. The van der Waals surface area contributed by atoms with Gasteiger partial charge in [0.05, 0.1) is 33.7 Å². The first kappa shape index (κ1) is 18.5. The average Bonchev–Trinajstić information content (AvgIpc) is 3.21. The molecule has 0 bridgehead atoms. The third-order valence-corrected chi connectivity index (χ3v) is 7.66. The largest absolute Gasteiger partial charge is 0.481 e. The van der Waals surface area contributed by atoms with Crippen LogP contribution in [0.15, 0.2) is 34.5 Å². The quantitative estimate of drug-likeness (QED) is 0.698. The van der Waals surface area contributed by atoms with E-state index in [9.17, 15) is 18.3 Å². The second-order valence-electron chi connectivity index (χ2n) is 6.48. The number of nitrogens with zero attached hydrogens (tertiary/aromatic N) is 3. The third-order valence-electron chi connectivity index (χ3n) is 4.63. The maximum atomic E-state index is 12.4. The Balaban J connectivity index is 1.99. The Hall–Kier alpha value is -1.85. The van der Waals surface area contributed by atoms with Crippen LogP contribution in [0.2, 0.25) is 0 Å². The smallest absolute Gasteiger partial charge is 0.304 e. The van der Waals surface area contributed by atoms with Crippen LogP contribution in [0.4, 0.5) is 0 Å². The van der Waals surface area contributed by atoms with Crippen LogP contribution in [0.5, 0.6) is 0 Å². The number of aromatic nitrogens is 2. The van der Waals surface area contributed by atoms with Crippen LogP contribution in [-0.4, -0.2) is 39.0 Å². The van der Waals surface area contributed by atoms with Crippen molar-refractivity contribution in [2.24, 2.45) is 0 Å². The van der Waals surface area contributed by atoms with E-state index in [1.165, 1.54) is 42.6 Å². The van der Waals surface area contributed by atoms with E-state index in [0.717, 1.165) is 23.4 Å². The number of rotatable bonds is 5. The van der Waals surface area contributed by atoms with Crippen molar-refractivity contribution in [2.45, 2.75) is 41.5 Å². The van der Waals surface area contributed by atoms with E-state index >= 15 is 0 Å². The SMILES string of the molecule is CS(=O)(=O)c1ccnc2c1c(SN1C=CNS1)c1n2CCCC1CC(=O)O. The zero-order chi connectivity index (χ0) is 19.2. The van der Waals surface area contributed by atoms with Crippen molar-refractivity contribution in [3.8, 4) is 0 Å². The Labute approximate surface area is 165 Å². The van der Waals surface area contributed by atoms with Crippen molar-refractivity contribution in [3.63, 3.8) is 0 Å². The number of carbonyl (C=O) groups is 1. The molecule has 1 atom stereocenters. The molecule has 0 radical (unpaired) electrons. The average molecular weight is 427 g/mol. The number of carboxylic acids is 1. The van der Waals surface area contributed by atoms with Crippen LogP contribution in [0.25, 0.3) is 11.0 Å². The number of fused-ring (bicyclic) bond motifs is 3. The van der Waals surface area contributed by atoms with Crippen LogP contribution in [0.3, 0.4) is 0 Å². The Bertz CT molecular complexity index is 1050. The van der Waals surface area contributed by atoms with Crippen molar-refractivity contribution in [3.05, 3.63) is 30.4 Å². The molecular weight excluding hydrogens is 408 g/mol. The van der Waals surface area contributed by atoms with E-state index in [-0.39, 0.29) is 17.2 Å². The normalized spacial score (nSPS) is 19.3. The molecule has 2 aliphatic rings. The summed E-state index contributed by atoms with van der Waals surface area (Å²) in [5.41, 5.74) is 1.47. The van der Waals surface area contributed by atoms with E-state index in [1.54, 1.807) is 6.20 Å². The Morgan fingerprint density at radius 2 is 2.33 bits per heavy atom. The molecule has 144 valence electrons. The van der Waals surface area contributed by atoms with E-state index in [0.29, 0.717) is 17.6 Å². The highest BCUT2D eigenvalue weighted by molar-refractivity contribution is 8.11. The Kier molecular flexibility index (Phi) is 4.77. The van der Waals surface area contributed by atoms with Gasteiger partial charge in [-0.15, -0.1) is 0 Å². The van der Waals surface area contributed by atoms with Gasteiger partial charge >= 0.3 is 5.97 Å². The lowest BCUT2D eigenvalue weighted by molar-refractivity contribution is -0.137. The first-order valence-corrected chi connectivity index (χ1v) is 11.8. The monoisotopic (exact) mass is 426 g/mol. The molecule has 0 saturated heterocycles. The zero-order valence-electron chi connectivity index (χ0n) is 14.5. The lowest BCUT2D eigenvalue weighted by Gasteiger charge is -2.25. The molecule has 1 unspecified atom stereocenters. The summed E-state index contributed by atoms with van der Waals surface area (Å²) in [6.07, 6.45) is 7.93. The van der Waals surface area contributed by atoms with Crippen molar-refractivity contribution in [1.29, 1.82) is 0 Å². The van der Waals surface area contributed by atoms with Crippen molar-refractivity contribution < 1.29 is 18.3 Å². The first-order chi connectivity index (χ1) is 12.9. The van der Waals surface area contributed by atoms with Gasteiger partial charge in [0, 0.05) is 55.0 Å². The minimum Gasteiger partial charge on any atom is -0.481 e. The number of aliphatic carboxylic acids is 1. The lowest BCUT2D eigenvalue weighted by atomic mass is 9.93. The topological polar surface area (TPSA) is 105 Å². The van der Waals surface area contributed by atoms with Crippen molar-refractivity contribution >= 4 is 50.9 Å². The van der Waals surface area contributed by atoms with Gasteiger partial charge in [0.15, 0.2) is 9.84 Å². The molecule has 0 spiro atoms. The number of pyridine rings is 1. The molecule has 4 heterocycles. The van der Waals surface area contributed by atoms with E-state index in [4.69, 9.17) is 0 Å². The predicted molar refractivity (Wildman–Crippen MR) is 105 cm³/mol. The van der Waals surface area contributed by atoms with Gasteiger partial charge in [-0.3, -0.25) is 4.79 Å². The molecule has 0 amide bonds. The summed E-state index contributed by atoms with van der Waals surface area (Å²) in [5, 5.41) is 9.94. The molecule has 0 aromatic carbocycles. The predicted octanol–water partition coefficient (Wildman–Crippen LogP) is 2.74. The van der Waals surface area contributed by atoms with Crippen LogP contribution in [0, 0.1) is 0 Å². The number of carboxylic acid groups (broad SMARTS) is 1. The van der Waals surface area contributed by atoms with Crippen LogP contribution in [0.1, 0.15) is 30.9 Å². The summed E-state index contributed by atoms with van der Waals surface area (Å²) in [5.74, 6) is -1.03. The van der Waals surface area contributed by atoms with Gasteiger partial charge in [-0.2, -0.15) is 0 Å². The van der Waals surface area contributed by atoms with Gasteiger partial charge < -0.3 is 14.4 Å². The van der Waals surface area contributed by atoms with Crippen molar-refractivity contribution in [2.75, 3.05) is 6.26 Å². The third kappa shape index (κ3) is 3.39. The van der Waals surface area contributed by atoms with Gasteiger partial charge in [-0.1, -0.05) is 0 Å². The molecule has 2 N–H and O–H groups in total. The molecule has 2 aromatic rings. The van der Waals surface area contributed by atoms with E-state index < -0.39 is 15.8 Å². The van der Waals surface area contributed by atoms with Gasteiger partial charge in [-0.05, 0) is 18.9 Å². The van der Waals surface area contributed by atoms with Crippen LogP contribution in [-0.2, 0) is 21.2 Å². The molecule has 0 saturated carbocycles. The number of sulfone groups is 1. The van der Waals surface area contributed by atoms with Gasteiger partial charge in [0.1, 0.15) is 5.65 Å². The lowest BCUT2D eigenvalue weighted by Crippen LogP contribution is -2.18. The van der Waals surface area contributed by atoms with Crippen LogP contribution < -0.4 is 4.72 Å². The molecule has 0 fully saturated rings. The van der Waals surface area contributed by atoms with Gasteiger partial charge in [0.2, 0.25) is 0 Å². The van der Waals surface area contributed by atoms with E-state index in [1.807, 2.05) is 14.5 Å². The molecular formula is C16H18N4O4S3. The molecule has 2 aliphatic heterocycles. The summed E-state index contributed by atoms with van der Waals surface area (Å²) >= 11 is 2.76. The Morgan fingerprint density at radius 3 is 3.00 bits per heavy atom. The minimum atomic E-state index is -3.47. The standard InChI is InChI=1S/C16H18N4O4S3/c1-27(23,24)11-4-5-17-16-13(11)15(25-20-8-6-18-26-20)14-10(9-12(21)22)3-2-7-19(14)16/h4-6,8,10,18H,2-3,7,9H2,1H3,(H,21,22). The highest BCUT2D eigenvalue weighted by atomic mass is 32.2. The molecule has 11 heteroatoms. The zero-order valence-corrected chi connectivity index (χ0v) is 16.9. The van der Waals surface area contributed by atoms with Crippen molar-refractivity contribution in [1.82, 2.24) is 18.0 Å². The summed E-state index contributed by atoms with van der Waals surface area (Å²) in [4.78, 5) is 16.9. The Morgan fingerprint density at radius 1 is 1.52 bits per heavy atom. The molecule has 8 nitrogen and oxygen atoms in total. The maximum absolute atomic E-state index is 12.4. The second-order valence-corrected chi connectivity index (χ2v) is 10.5. The fraction of sp³-hybridized carbons (Fsp3) is 0.375. The minimum absolute atomic E-state index is 0.0132. The number of hydrogen-bond acceptors (Lipinski definition) is 8. The fourth-order valence-electron chi connectivity index (χ4n) is 3.64. The molecule has 2 aromatic heterocycles. The van der Waals surface area contributed by atoms with Gasteiger partial charge in [-0.25, -0.2) is 17.1 Å². The highest BCUT2D eigenvalue weighted by Crippen LogP contribution is 2.47. The number of nitrogens with one attached hydrogen (secondary N) is 1.